The molecule has 3 N–H and O–H groups in total. The lowest BCUT2D eigenvalue weighted by Crippen LogP contribution is -2.10. The van der Waals surface area contributed by atoms with Crippen LogP contribution in [-0.2, 0) is 11.3 Å². The van der Waals surface area contributed by atoms with Gasteiger partial charge in [0.2, 0.25) is 0 Å². The van der Waals surface area contributed by atoms with Gasteiger partial charge in [0.05, 0.1) is 12.7 Å². The lowest BCUT2D eigenvalue weighted by Gasteiger charge is -2.08. The van der Waals surface area contributed by atoms with Gasteiger partial charge in [0.25, 0.3) is 0 Å². The van der Waals surface area contributed by atoms with Crippen LogP contribution in [0.15, 0.2) is 24.4 Å². The van der Waals surface area contributed by atoms with Gasteiger partial charge >= 0.3 is 0 Å². The predicted molar refractivity (Wildman–Crippen MR) is 61.2 cm³/mol. The summed E-state index contributed by atoms with van der Waals surface area (Å²) in [7, 11) is 1.67. The molecule has 0 saturated carbocycles. The molecule has 0 aliphatic carbocycles. The third-order valence-corrected chi connectivity index (χ3v) is 2.73. The van der Waals surface area contributed by atoms with Gasteiger partial charge in [-0.15, -0.1) is 0 Å². The van der Waals surface area contributed by atoms with Crippen LogP contribution in [0, 0.1) is 0 Å². The van der Waals surface area contributed by atoms with Crippen LogP contribution in [0.25, 0.3) is 5.83 Å². The van der Waals surface area contributed by atoms with Gasteiger partial charge in [0.1, 0.15) is 5.83 Å². The highest BCUT2D eigenvalue weighted by Crippen LogP contribution is 2.34. The van der Waals surface area contributed by atoms with Crippen molar-refractivity contribution in [1.82, 2.24) is 5.32 Å². The van der Waals surface area contributed by atoms with E-state index in [1.54, 1.807) is 13.1 Å². The number of rotatable bonds is 3. The molecule has 1 aromatic rings. The molecule has 1 heterocycles. The molecule has 0 saturated heterocycles. The van der Waals surface area contributed by atoms with Gasteiger partial charge in [0.15, 0.2) is 0 Å². The number of hydrogen-bond acceptors (Lipinski definition) is 3. The van der Waals surface area contributed by atoms with Gasteiger partial charge in [-0.3, -0.25) is 0 Å². The van der Waals surface area contributed by atoms with Crippen LogP contribution in [0.1, 0.15) is 22.8 Å². The summed E-state index contributed by atoms with van der Waals surface area (Å²) < 4.78 is 19.2. The summed E-state index contributed by atoms with van der Waals surface area (Å²) >= 11 is 0. The van der Waals surface area contributed by atoms with Gasteiger partial charge in [-0.05, 0) is 11.1 Å². The zero-order valence-corrected chi connectivity index (χ0v) is 9.16. The average Bonchev–Trinajstić information content (AvgIpc) is 2.71. The lowest BCUT2D eigenvalue weighted by molar-refractivity contribution is 0.0723. The molecule has 3 nitrogen and oxygen atoms in total. The van der Waals surface area contributed by atoms with Gasteiger partial charge < -0.3 is 15.8 Å². The van der Waals surface area contributed by atoms with Crippen molar-refractivity contribution in [2.24, 2.45) is 5.73 Å². The van der Waals surface area contributed by atoms with E-state index in [0.717, 1.165) is 11.1 Å². The highest BCUT2D eigenvalue weighted by atomic mass is 19.1. The van der Waals surface area contributed by atoms with E-state index in [-0.39, 0.29) is 11.9 Å². The Hall–Kier alpha value is -1.39. The first-order valence-corrected chi connectivity index (χ1v) is 5.24. The van der Waals surface area contributed by atoms with Crippen LogP contribution < -0.4 is 11.1 Å². The third-order valence-electron chi connectivity index (χ3n) is 2.73. The number of hydrogen-bond donors (Lipinski definition) is 2. The Morgan fingerprint density at radius 3 is 3.19 bits per heavy atom. The van der Waals surface area contributed by atoms with Crippen molar-refractivity contribution in [3.8, 4) is 0 Å². The topological polar surface area (TPSA) is 47.3 Å². The molecule has 2 rings (SSSR count). The van der Waals surface area contributed by atoms with E-state index < -0.39 is 0 Å². The maximum atomic E-state index is 13.7. The summed E-state index contributed by atoms with van der Waals surface area (Å²) in [5, 5.41) is 2.68. The van der Waals surface area contributed by atoms with Crippen LogP contribution in [-0.4, -0.2) is 13.6 Å². The minimum atomic E-state index is -0.277. The van der Waals surface area contributed by atoms with Gasteiger partial charge in [-0.2, -0.15) is 0 Å². The monoisotopic (exact) mass is 222 g/mol. The molecule has 16 heavy (non-hydrogen) atoms. The van der Waals surface area contributed by atoms with Crippen molar-refractivity contribution in [1.29, 1.82) is 0 Å². The Morgan fingerprint density at radius 1 is 1.69 bits per heavy atom. The van der Waals surface area contributed by atoms with Crippen LogP contribution in [0.2, 0.25) is 0 Å². The Labute approximate surface area is 94.1 Å². The number of fused-ring (bicyclic) bond motifs is 1. The molecule has 1 aromatic carbocycles. The molecule has 0 radical (unpaired) electrons. The van der Waals surface area contributed by atoms with E-state index in [1.807, 2.05) is 12.1 Å². The minimum Gasteiger partial charge on any atom is -0.392 e. The molecule has 0 fully saturated rings. The molecule has 0 spiro atoms. The molecule has 0 bridgehead atoms. The Bertz CT molecular complexity index is 417. The summed E-state index contributed by atoms with van der Waals surface area (Å²) in [5.41, 5.74) is 8.08. The van der Waals surface area contributed by atoms with Crippen LogP contribution >= 0.6 is 0 Å². The van der Waals surface area contributed by atoms with E-state index in [1.165, 1.54) is 6.20 Å². The van der Waals surface area contributed by atoms with E-state index in [0.29, 0.717) is 18.7 Å². The molecule has 4 heteroatoms. The van der Waals surface area contributed by atoms with Gasteiger partial charge in [-0.25, -0.2) is 4.39 Å². The van der Waals surface area contributed by atoms with Crippen molar-refractivity contribution in [2.45, 2.75) is 12.7 Å². The summed E-state index contributed by atoms with van der Waals surface area (Å²) in [5.74, 6) is -0.277. The van der Waals surface area contributed by atoms with Gasteiger partial charge in [0, 0.05) is 25.4 Å². The number of nitrogens with two attached hydrogens (primary N) is 1. The highest BCUT2D eigenvalue weighted by molar-refractivity contribution is 5.64. The zero-order chi connectivity index (χ0) is 11.5. The first-order valence-electron chi connectivity index (χ1n) is 5.24. The minimum absolute atomic E-state index is 0.0997. The molecule has 1 atom stereocenters. The maximum absolute atomic E-state index is 13.7. The molecular formula is C12H15FN2O. The fraction of sp³-hybridized carbons (Fsp3) is 0.333. The highest BCUT2D eigenvalue weighted by Gasteiger charge is 2.25. The second kappa shape index (κ2) is 4.63. The summed E-state index contributed by atoms with van der Waals surface area (Å²) in [6, 6.07) is 5.52. The number of halogens is 1. The predicted octanol–water partition coefficient (Wildman–Crippen LogP) is 1.70. The third kappa shape index (κ3) is 1.81. The number of benzene rings is 1. The SMILES string of the molecule is CN/C=C(\F)c1cccc2c1COC2CN. The fourth-order valence-corrected chi connectivity index (χ4v) is 1.96. The molecule has 0 aromatic heterocycles. The fourth-order valence-electron chi connectivity index (χ4n) is 1.96. The summed E-state index contributed by atoms with van der Waals surface area (Å²) in [6.45, 7) is 0.853. The normalized spacial score (nSPS) is 19.7. The smallest absolute Gasteiger partial charge is 0.146 e. The Balaban J connectivity index is 2.43. The molecule has 1 aliphatic heterocycles. The van der Waals surface area contributed by atoms with Crippen molar-refractivity contribution in [2.75, 3.05) is 13.6 Å². The summed E-state index contributed by atoms with van der Waals surface area (Å²) in [4.78, 5) is 0. The van der Waals surface area contributed by atoms with Crippen LogP contribution in [0.5, 0.6) is 0 Å². The average molecular weight is 222 g/mol. The molecule has 1 aliphatic rings. The number of ether oxygens (including phenoxy) is 1. The van der Waals surface area contributed by atoms with E-state index in [2.05, 4.69) is 5.32 Å². The van der Waals surface area contributed by atoms with E-state index >= 15 is 0 Å². The van der Waals surface area contributed by atoms with E-state index in [4.69, 9.17) is 10.5 Å². The van der Waals surface area contributed by atoms with E-state index in [9.17, 15) is 4.39 Å². The Morgan fingerprint density at radius 2 is 2.50 bits per heavy atom. The quantitative estimate of drug-likeness (QED) is 0.818. The largest absolute Gasteiger partial charge is 0.392 e. The van der Waals surface area contributed by atoms with Crippen LogP contribution in [0.3, 0.4) is 0 Å². The molecule has 0 amide bonds. The Kier molecular flexibility index (Phi) is 3.22. The van der Waals surface area contributed by atoms with Crippen LogP contribution in [0.4, 0.5) is 4.39 Å². The lowest BCUT2D eigenvalue weighted by atomic mass is 9.99. The van der Waals surface area contributed by atoms with Crippen molar-refractivity contribution >= 4 is 5.83 Å². The van der Waals surface area contributed by atoms with Crippen molar-refractivity contribution < 1.29 is 9.13 Å². The first kappa shape index (κ1) is 11.1. The number of nitrogens with one attached hydrogen (secondary N) is 1. The first-order chi connectivity index (χ1) is 7.77. The van der Waals surface area contributed by atoms with Gasteiger partial charge in [-0.1, -0.05) is 18.2 Å². The molecule has 86 valence electrons. The van der Waals surface area contributed by atoms with Crippen molar-refractivity contribution in [3.63, 3.8) is 0 Å². The standard InChI is InChI=1S/C12H15FN2O/c1-15-6-11(13)8-3-2-4-9-10(8)7-16-12(9)5-14/h2-4,6,12,15H,5,7,14H2,1H3/b11-6-. The molecular weight excluding hydrogens is 207 g/mol. The molecule has 1 unspecified atom stereocenters. The summed E-state index contributed by atoms with van der Waals surface area (Å²) in [6.07, 6.45) is 1.24. The second-order valence-electron chi connectivity index (χ2n) is 3.69. The maximum Gasteiger partial charge on any atom is 0.146 e. The van der Waals surface area contributed by atoms with Crippen molar-refractivity contribution in [3.05, 3.63) is 41.1 Å². The second-order valence-corrected chi connectivity index (χ2v) is 3.69. The zero-order valence-electron chi connectivity index (χ0n) is 9.16.